The fraction of sp³-hybridized carbons (Fsp3) is 0.190. The zero-order valence-corrected chi connectivity index (χ0v) is 14.0. The van der Waals surface area contributed by atoms with E-state index in [0.717, 1.165) is 22.1 Å². The summed E-state index contributed by atoms with van der Waals surface area (Å²) < 4.78 is 5.89. The molecule has 1 atom stereocenters. The van der Waals surface area contributed by atoms with Crippen LogP contribution in [-0.2, 0) is 11.3 Å². The third-order valence-electron chi connectivity index (χ3n) is 3.97. The lowest BCUT2D eigenvalue weighted by Crippen LogP contribution is -2.35. The van der Waals surface area contributed by atoms with Crippen molar-refractivity contribution in [3.05, 3.63) is 77.9 Å². The van der Waals surface area contributed by atoms with E-state index in [4.69, 9.17) is 4.74 Å². The normalized spacial score (nSPS) is 11.9. The van der Waals surface area contributed by atoms with Crippen molar-refractivity contribution in [2.24, 2.45) is 0 Å². The molecule has 0 unspecified atom stereocenters. The van der Waals surface area contributed by atoms with Crippen molar-refractivity contribution in [2.45, 2.75) is 26.5 Å². The molecule has 1 amide bonds. The number of carbonyl (C=O) groups is 1. The molecule has 0 saturated carbocycles. The molecule has 0 aliphatic rings. The van der Waals surface area contributed by atoms with Crippen LogP contribution in [-0.4, -0.2) is 12.0 Å². The Hall–Kier alpha value is -2.81. The molecule has 0 aliphatic heterocycles. The average molecular weight is 319 g/mol. The highest BCUT2D eigenvalue weighted by atomic mass is 16.5. The monoisotopic (exact) mass is 319 g/mol. The van der Waals surface area contributed by atoms with Gasteiger partial charge in [0.1, 0.15) is 5.75 Å². The number of aryl methyl sites for hydroxylation is 1. The van der Waals surface area contributed by atoms with Crippen molar-refractivity contribution in [2.75, 3.05) is 0 Å². The number of ether oxygens (including phenoxy) is 1. The van der Waals surface area contributed by atoms with E-state index < -0.39 is 6.10 Å². The number of hydrogen-bond acceptors (Lipinski definition) is 2. The molecule has 1 N–H and O–H groups in total. The van der Waals surface area contributed by atoms with E-state index in [0.29, 0.717) is 6.54 Å². The molecular weight excluding hydrogens is 298 g/mol. The maximum Gasteiger partial charge on any atom is 0.261 e. The average Bonchev–Trinajstić information content (AvgIpc) is 2.60. The van der Waals surface area contributed by atoms with Crippen molar-refractivity contribution >= 4 is 16.7 Å². The predicted octanol–water partition coefficient (Wildman–Crippen LogP) is 4.23. The topological polar surface area (TPSA) is 38.3 Å². The van der Waals surface area contributed by atoms with E-state index in [2.05, 4.69) is 11.4 Å². The summed E-state index contributed by atoms with van der Waals surface area (Å²) in [5.74, 6) is 0.607. The fourth-order valence-corrected chi connectivity index (χ4v) is 2.70. The molecule has 0 fully saturated rings. The maximum atomic E-state index is 12.3. The quantitative estimate of drug-likeness (QED) is 0.764. The second-order valence-electron chi connectivity index (χ2n) is 5.94. The number of hydrogen-bond donors (Lipinski definition) is 1. The van der Waals surface area contributed by atoms with Gasteiger partial charge in [0, 0.05) is 11.9 Å². The van der Waals surface area contributed by atoms with Crippen LogP contribution in [0.4, 0.5) is 0 Å². The van der Waals surface area contributed by atoms with Crippen LogP contribution in [0.25, 0.3) is 10.8 Å². The van der Waals surface area contributed by atoms with Gasteiger partial charge in [0.15, 0.2) is 6.10 Å². The van der Waals surface area contributed by atoms with Crippen LogP contribution in [0.2, 0.25) is 0 Å². The molecule has 122 valence electrons. The van der Waals surface area contributed by atoms with Crippen LogP contribution in [0.3, 0.4) is 0 Å². The summed E-state index contributed by atoms with van der Waals surface area (Å²) in [5, 5.41) is 5.04. The lowest BCUT2D eigenvalue weighted by Gasteiger charge is -2.16. The first-order valence-corrected chi connectivity index (χ1v) is 8.11. The SMILES string of the molecule is Cc1cccc(CNC(=O)[C@@H](C)Oc2cccc3ccccc23)c1. The van der Waals surface area contributed by atoms with Gasteiger partial charge in [-0.1, -0.05) is 66.2 Å². The van der Waals surface area contributed by atoms with E-state index >= 15 is 0 Å². The van der Waals surface area contributed by atoms with E-state index in [1.165, 1.54) is 5.56 Å². The minimum atomic E-state index is -0.555. The zero-order chi connectivity index (χ0) is 16.9. The number of fused-ring (bicyclic) bond motifs is 1. The first-order chi connectivity index (χ1) is 11.6. The van der Waals surface area contributed by atoms with E-state index in [1.807, 2.05) is 67.6 Å². The van der Waals surface area contributed by atoms with Crippen LogP contribution < -0.4 is 10.1 Å². The van der Waals surface area contributed by atoms with Crippen LogP contribution in [0.15, 0.2) is 66.7 Å². The summed E-state index contributed by atoms with van der Waals surface area (Å²) in [5.41, 5.74) is 2.27. The van der Waals surface area contributed by atoms with Gasteiger partial charge < -0.3 is 10.1 Å². The molecule has 0 aromatic heterocycles. The summed E-state index contributed by atoms with van der Waals surface area (Å²) in [4.78, 5) is 12.3. The standard InChI is InChI=1S/C21H21NO2/c1-15-7-5-8-17(13-15)14-22-21(23)16(2)24-20-12-6-10-18-9-3-4-11-19(18)20/h3-13,16H,14H2,1-2H3,(H,22,23)/t16-/m1/s1. The second kappa shape index (κ2) is 7.18. The van der Waals surface area contributed by atoms with Crippen LogP contribution in [0, 0.1) is 6.92 Å². The summed E-state index contributed by atoms with van der Waals surface area (Å²) >= 11 is 0. The Morgan fingerprint density at radius 1 is 1.04 bits per heavy atom. The summed E-state index contributed by atoms with van der Waals surface area (Å²) in [6, 6.07) is 22.0. The van der Waals surface area contributed by atoms with Gasteiger partial charge in [0.25, 0.3) is 5.91 Å². The Labute approximate surface area is 142 Å². The van der Waals surface area contributed by atoms with Gasteiger partial charge in [0.05, 0.1) is 0 Å². The fourth-order valence-electron chi connectivity index (χ4n) is 2.70. The largest absolute Gasteiger partial charge is 0.480 e. The van der Waals surface area contributed by atoms with E-state index in [1.54, 1.807) is 6.92 Å². The molecule has 3 aromatic carbocycles. The third kappa shape index (κ3) is 3.74. The molecule has 0 heterocycles. The highest BCUT2D eigenvalue weighted by Crippen LogP contribution is 2.26. The number of carbonyl (C=O) groups excluding carboxylic acids is 1. The van der Waals surface area contributed by atoms with Gasteiger partial charge in [-0.15, -0.1) is 0 Å². The lowest BCUT2D eigenvalue weighted by molar-refractivity contribution is -0.127. The van der Waals surface area contributed by atoms with Gasteiger partial charge in [-0.05, 0) is 30.9 Å². The van der Waals surface area contributed by atoms with Crippen LogP contribution in [0.5, 0.6) is 5.75 Å². The molecule has 3 heteroatoms. The van der Waals surface area contributed by atoms with E-state index in [-0.39, 0.29) is 5.91 Å². The number of rotatable bonds is 5. The summed E-state index contributed by atoms with van der Waals surface area (Å²) in [6.45, 7) is 4.31. The van der Waals surface area contributed by atoms with Gasteiger partial charge in [-0.25, -0.2) is 0 Å². The molecule has 3 rings (SSSR count). The first kappa shape index (κ1) is 16.1. The molecule has 0 saturated heterocycles. The second-order valence-corrected chi connectivity index (χ2v) is 5.94. The highest BCUT2D eigenvalue weighted by Gasteiger charge is 2.15. The van der Waals surface area contributed by atoms with Gasteiger partial charge in [-0.2, -0.15) is 0 Å². The number of benzene rings is 3. The smallest absolute Gasteiger partial charge is 0.261 e. The number of nitrogens with one attached hydrogen (secondary N) is 1. The minimum absolute atomic E-state index is 0.121. The lowest BCUT2D eigenvalue weighted by atomic mass is 10.1. The van der Waals surface area contributed by atoms with Crippen molar-refractivity contribution in [1.29, 1.82) is 0 Å². The van der Waals surface area contributed by atoms with Crippen molar-refractivity contribution in [3.63, 3.8) is 0 Å². The molecule has 3 nitrogen and oxygen atoms in total. The predicted molar refractivity (Wildman–Crippen MR) is 97.1 cm³/mol. The summed E-state index contributed by atoms with van der Waals surface area (Å²) in [6.07, 6.45) is -0.555. The highest BCUT2D eigenvalue weighted by molar-refractivity contribution is 5.89. The Morgan fingerprint density at radius 2 is 1.79 bits per heavy atom. The minimum Gasteiger partial charge on any atom is -0.480 e. The van der Waals surface area contributed by atoms with Crippen molar-refractivity contribution in [3.8, 4) is 5.75 Å². The Bertz CT molecular complexity index is 852. The van der Waals surface area contributed by atoms with Crippen LogP contribution in [0.1, 0.15) is 18.1 Å². The van der Waals surface area contributed by atoms with Crippen molar-refractivity contribution in [1.82, 2.24) is 5.32 Å². The molecular formula is C21H21NO2. The molecule has 0 spiro atoms. The van der Waals surface area contributed by atoms with Gasteiger partial charge in [0.2, 0.25) is 0 Å². The molecule has 0 radical (unpaired) electrons. The molecule has 0 bridgehead atoms. The Balaban J connectivity index is 1.65. The van der Waals surface area contributed by atoms with Crippen LogP contribution >= 0.6 is 0 Å². The molecule has 24 heavy (non-hydrogen) atoms. The third-order valence-corrected chi connectivity index (χ3v) is 3.97. The first-order valence-electron chi connectivity index (χ1n) is 8.11. The van der Waals surface area contributed by atoms with Gasteiger partial charge in [-0.3, -0.25) is 4.79 Å². The summed E-state index contributed by atoms with van der Waals surface area (Å²) in [7, 11) is 0. The Morgan fingerprint density at radius 3 is 2.62 bits per heavy atom. The molecule has 3 aromatic rings. The Kier molecular flexibility index (Phi) is 4.80. The zero-order valence-electron chi connectivity index (χ0n) is 14.0. The van der Waals surface area contributed by atoms with Gasteiger partial charge >= 0.3 is 0 Å². The molecule has 0 aliphatic carbocycles. The number of amides is 1. The van der Waals surface area contributed by atoms with Crippen molar-refractivity contribution < 1.29 is 9.53 Å². The van der Waals surface area contributed by atoms with E-state index in [9.17, 15) is 4.79 Å². The maximum absolute atomic E-state index is 12.3.